The Labute approximate surface area is 174 Å². The van der Waals surface area contributed by atoms with Gasteiger partial charge in [-0.25, -0.2) is 4.39 Å². The minimum absolute atomic E-state index is 0. The normalized spacial score (nSPS) is 10.7. The third-order valence-corrected chi connectivity index (χ3v) is 3.79. The Morgan fingerprint density at radius 1 is 0.759 bits per heavy atom. The Hall–Kier alpha value is -3.71. The van der Waals surface area contributed by atoms with E-state index in [1.807, 2.05) is 48.5 Å². The minimum Gasteiger partial charge on any atom is -0.369 e. The molecule has 0 radical (unpaired) electrons. The number of nitrogens with zero attached hydrogens (tertiary/aromatic N) is 3. The molecule has 0 heterocycles. The van der Waals surface area contributed by atoms with Crippen LogP contribution >= 0.6 is 12.4 Å². The topological polar surface area (TPSA) is 101 Å². The number of anilines is 1. The molecule has 0 unspecified atom stereocenters. The summed E-state index contributed by atoms with van der Waals surface area (Å²) in [5, 5.41) is 11.5. The molecule has 29 heavy (non-hydrogen) atoms. The number of nitrogens with two attached hydrogens (primary N) is 2. The summed E-state index contributed by atoms with van der Waals surface area (Å²) in [6, 6.07) is 21.8. The largest absolute Gasteiger partial charge is 0.369 e. The molecule has 148 valence electrons. The van der Waals surface area contributed by atoms with Crippen molar-refractivity contribution < 1.29 is 4.39 Å². The van der Waals surface area contributed by atoms with Gasteiger partial charge in [0.15, 0.2) is 0 Å². The van der Waals surface area contributed by atoms with Crippen LogP contribution in [0.3, 0.4) is 0 Å². The first-order valence-corrected chi connectivity index (χ1v) is 8.47. The average Bonchev–Trinajstić information content (AvgIpc) is 2.70. The number of benzene rings is 3. The Morgan fingerprint density at radius 3 is 1.79 bits per heavy atom. The third kappa shape index (κ3) is 6.75. The van der Waals surface area contributed by atoms with Gasteiger partial charge in [0, 0.05) is 0 Å². The zero-order chi connectivity index (χ0) is 19.8. The first-order chi connectivity index (χ1) is 13.6. The molecule has 3 aromatic rings. The average molecular weight is 411 g/mol. The van der Waals surface area contributed by atoms with Crippen molar-refractivity contribution in [2.24, 2.45) is 26.8 Å². The molecule has 8 heteroatoms. The van der Waals surface area contributed by atoms with Crippen LogP contribution in [0.5, 0.6) is 0 Å². The summed E-state index contributed by atoms with van der Waals surface area (Å²) in [7, 11) is 0. The van der Waals surface area contributed by atoms with E-state index in [4.69, 9.17) is 11.5 Å². The number of hydrogen-bond donors (Lipinski definition) is 3. The molecular weight excluding hydrogens is 391 g/mol. The maximum absolute atomic E-state index is 12.9. The maximum Gasteiger partial charge on any atom is 0.211 e. The summed E-state index contributed by atoms with van der Waals surface area (Å²) < 4.78 is 12.9. The molecule has 0 saturated carbocycles. The number of hydrogen-bond acceptors (Lipinski definition) is 4. The van der Waals surface area contributed by atoms with Gasteiger partial charge in [-0.2, -0.15) is 10.2 Å². The third-order valence-electron chi connectivity index (χ3n) is 3.79. The van der Waals surface area contributed by atoms with E-state index in [1.165, 1.54) is 12.1 Å². The van der Waals surface area contributed by atoms with Gasteiger partial charge in [-0.1, -0.05) is 48.5 Å². The molecule has 0 spiro atoms. The molecule has 5 N–H and O–H groups in total. The van der Waals surface area contributed by atoms with Crippen molar-refractivity contribution >= 4 is 36.5 Å². The first kappa shape index (κ1) is 21.6. The second-order valence-corrected chi connectivity index (χ2v) is 5.89. The van der Waals surface area contributed by atoms with Crippen LogP contribution in [0.15, 0.2) is 88.1 Å². The second-order valence-electron chi connectivity index (χ2n) is 5.89. The van der Waals surface area contributed by atoms with Crippen LogP contribution in [0.25, 0.3) is 11.1 Å². The monoisotopic (exact) mass is 410 g/mol. The van der Waals surface area contributed by atoms with Gasteiger partial charge in [0.05, 0.1) is 18.1 Å². The van der Waals surface area contributed by atoms with Gasteiger partial charge in [-0.15, -0.1) is 17.5 Å². The molecule has 0 fully saturated rings. The summed E-state index contributed by atoms with van der Waals surface area (Å²) >= 11 is 0. The predicted octanol–water partition coefficient (Wildman–Crippen LogP) is 3.97. The van der Waals surface area contributed by atoms with Gasteiger partial charge in [-0.05, 0) is 46.5 Å². The molecule has 0 aliphatic heterocycles. The fraction of sp³-hybridized carbons (Fsp3) is 0. The Bertz CT molecular complexity index is 993. The molecule has 0 atom stereocenters. The van der Waals surface area contributed by atoms with Crippen LogP contribution in [0.4, 0.5) is 10.1 Å². The number of hydrazone groups is 1. The quantitative estimate of drug-likeness (QED) is 0.325. The van der Waals surface area contributed by atoms with Crippen molar-refractivity contribution in [1.82, 2.24) is 0 Å². The lowest BCUT2D eigenvalue weighted by atomic mass is 10.0. The van der Waals surface area contributed by atoms with E-state index in [-0.39, 0.29) is 24.2 Å². The summed E-state index contributed by atoms with van der Waals surface area (Å²) in [6.07, 6.45) is 3.29. The van der Waals surface area contributed by atoms with Crippen molar-refractivity contribution in [1.29, 1.82) is 0 Å². The van der Waals surface area contributed by atoms with Crippen LogP contribution < -0.4 is 16.9 Å². The molecule has 0 aliphatic carbocycles. The number of guanidine groups is 1. The van der Waals surface area contributed by atoms with Crippen molar-refractivity contribution in [3.8, 4) is 11.1 Å². The molecule has 0 aromatic heterocycles. The Morgan fingerprint density at radius 2 is 1.28 bits per heavy atom. The van der Waals surface area contributed by atoms with Gasteiger partial charge >= 0.3 is 0 Å². The highest BCUT2D eigenvalue weighted by atomic mass is 35.5. The van der Waals surface area contributed by atoms with Gasteiger partial charge in [0.2, 0.25) is 5.96 Å². The summed E-state index contributed by atoms with van der Waals surface area (Å²) in [5.41, 5.74) is 18.0. The zero-order valence-electron chi connectivity index (χ0n) is 15.4. The lowest BCUT2D eigenvalue weighted by Crippen LogP contribution is -2.21. The standard InChI is InChI=1S/C21H19FN6.ClH/c22-19-9-11-20(12-10-19)27-25-13-15-1-5-17(6-2-15)18-7-3-16(4-8-18)14-26-28-21(23)24;/h1-14,27H,(H4,23,24,28);1H/b25-13+,26-14+;. The first-order valence-electron chi connectivity index (χ1n) is 8.47. The molecule has 0 bridgehead atoms. The van der Waals surface area contributed by atoms with Crippen LogP contribution in [0, 0.1) is 5.82 Å². The van der Waals surface area contributed by atoms with Crippen LogP contribution in [0.1, 0.15) is 11.1 Å². The molecule has 0 amide bonds. The molecular formula is C21H20ClFN6. The summed E-state index contributed by atoms with van der Waals surface area (Å²) in [6.45, 7) is 0. The van der Waals surface area contributed by atoms with Gasteiger partial charge in [0.1, 0.15) is 5.82 Å². The zero-order valence-corrected chi connectivity index (χ0v) is 16.2. The summed E-state index contributed by atoms with van der Waals surface area (Å²) in [4.78, 5) is 0. The fourth-order valence-electron chi connectivity index (χ4n) is 2.39. The Kier molecular flexibility index (Phi) is 7.88. The van der Waals surface area contributed by atoms with Crippen LogP contribution in [0.2, 0.25) is 0 Å². The highest BCUT2D eigenvalue weighted by Gasteiger charge is 1.98. The molecule has 3 rings (SSSR count). The Balaban J connectivity index is 0.00000300. The van der Waals surface area contributed by atoms with Crippen molar-refractivity contribution in [3.05, 3.63) is 89.7 Å². The van der Waals surface area contributed by atoms with E-state index in [0.717, 1.165) is 27.9 Å². The van der Waals surface area contributed by atoms with Gasteiger partial charge < -0.3 is 11.5 Å². The highest BCUT2D eigenvalue weighted by Crippen LogP contribution is 2.20. The van der Waals surface area contributed by atoms with E-state index in [9.17, 15) is 4.39 Å². The van der Waals surface area contributed by atoms with Crippen molar-refractivity contribution in [2.45, 2.75) is 0 Å². The second kappa shape index (κ2) is 10.6. The van der Waals surface area contributed by atoms with Crippen LogP contribution in [-0.4, -0.2) is 18.4 Å². The van der Waals surface area contributed by atoms with Gasteiger partial charge in [0.25, 0.3) is 0 Å². The highest BCUT2D eigenvalue weighted by molar-refractivity contribution is 5.85. The maximum atomic E-state index is 12.9. The van der Waals surface area contributed by atoms with E-state index in [1.54, 1.807) is 24.6 Å². The van der Waals surface area contributed by atoms with Gasteiger partial charge in [-0.3, -0.25) is 5.43 Å². The van der Waals surface area contributed by atoms with E-state index in [0.29, 0.717) is 0 Å². The lowest BCUT2D eigenvalue weighted by molar-refractivity contribution is 0.628. The predicted molar refractivity (Wildman–Crippen MR) is 120 cm³/mol. The van der Waals surface area contributed by atoms with E-state index >= 15 is 0 Å². The summed E-state index contributed by atoms with van der Waals surface area (Å²) in [5.74, 6) is -0.358. The molecule has 0 saturated heterocycles. The molecule has 6 nitrogen and oxygen atoms in total. The van der Waals surface area contributed by atoms with Crippen LogP contribution in [-0.2, 0) is 0 Å². The fourth-order valence-corrected chi connectivity index (χ4v) is 2.39. The number of halogens is 2. The molecule has 3 aromatic carbocycles. The number of rotatable bonds is 6. The minimum atomic E-state index is -0.279. The van der Waals surface area contributed by atoms with Crippen molar-refractivity contribution in [2.75, 3.05) is 5.43 Å². The molecule has 0 aliphatic rings. The van der Waals surface area contributed by atoms with Crippen molar-refractivity contribution in [3.63, 3.8) is 0 Å². The number of nitrogens with one attached hydrogen (secondary N) is 1. The smallest absolute Gasteiger partial charge is 0.211 e. The van der Waals surface area contributed by atoms with E-state index in [2.05, 4.69) is 20.7 Å². The SMILES string of the molecule is Cl.NC(N)=N/N=C/c1ccc(-c2ccc(/C=N/Nc3ccc(F)cc3)cc2)cc1. The van der Waals surface area contributed by atoms with E-state index < -0.39 is 0 Å². The lowest BCUT2D eigenvalue weighted by Gasteiger charge is -2.03.